The quantitative estimate of drug-likeness (QED) is 0.643. The fraction of sp³-hybridized carbons (Fsp3) is 0.200. The van der Waals surface area contributed by atoms with Gasteiger partial charge >= 0.3 is 6.18 Å². The van der Waals surface area contributed by atoms with Gasteiger partial charge in [-0.3, -0.25) is 4.79 Å². The Bertz CT molecular complexity index is 540. The van der Waals surface area contributed by atoms with Crippen molar-refractivity contribution in [3.8, 4) is 5.75 Å². The second kappa shape index (κ2) is 5.35. The summed E-state index contributed by atoms with van der Waals surface area (Å²) in [6.45, 7) is 0. The minimum absolute atomic E-state index is 0.250. The van der Waals surface area contributed by atoms with Crippen LogP contribution in [0.25, 0.3) is 0 Å². The van der Waals surface area contributed by atoms with Gasteiger partial charge in [0.1, 0.15) is 5.75 Å². The van der Waals surface area contributed by atoms with Crippen LogP contribution < -0.4 is 16.2 Å². The van der Waals surface area contributed by atoms with E-state index in [0.29, 0.717) is 6.07 Å². The van der Waals surface area contributed by atoms with Gasteiger partial charge in [0, 0.05) is 6.07 Å². The first-order valence-corrected chi connectivity index (χ1v) is 5.13. The summed E-state index contributed by atoms with van der Waals surface area (Å²) in [4.78, 5) is 14.6. The Kier molecular flexibility index (Phi) is 4.25. The molecule has 0 saturated heterocycles. The number of aliphatic imine (C=N–C) groups is 1. The van der Waals surface area contributed by atoms with Crippen LogP contribution in [0, 0.1) is 0 Å². The van der Waals surface area contributed by atoms with Gasteiger partial charge in [-0.1, -0.05) is 11.6 Å². The van der Waals surface area contributed by atoms with Gasteiger partial charge in [-0.05, 0) is 6.07 Å². The minimum Gasteiger partial charge on any atom is -0.496 e. The maximum Gasteiger partial charge on any atom is 0.419 e. The molecule has 19 heavy (non-hydrogen) atoms. The lowest BCUT2D eigenvalue weighted by atomic mass is 10.1. The molecule has 0 atom stereocenters. The van der Waals surface area contributed by atoms with E-state index < -0.39 is 34.9 Å². The number of hydrogen-bond acceptors (Lipinski definition) is 2. The molecular weight excluding hydrogens is 287 g/mol. The molecule has 0 fully saturated rings. The molecule has 0 aliphatic rings. The fourth-order valence-corrected chi connectivity index (χ4v) is 1.52. The highest BCUT2D eigenvalue weighted by atomic mass is 35.5. The number of carbonyl (C=O) groups excluding carboxylic acids is 1. The number of benzene rings is 1. The topological polar surface area (TPSA) is 90.7 Å². The van der Waals surface area contributed by atoms with Gasteiger partial charge in [0.15, 0.2) is 5.96 Å². The predicted octanol–water partition coefficient (Wildman–Crippen LogP) is 1.78. The Morgan fingerprint density at radius 2 is 1.95 bits per heavy atom. The van der Waals surface area contributed by atoms with E-state index in [0.717, 1.165) is 13.2 Å². The number of methoxy groups -OCH3 is 1. The highest BCUT2D eigenvalue weighted by Gasteiger charge is 2.35. The first-order chi connectivity index (χ1) is 8.66. The number of rotatable bonds is 2. The standard InChI is InChI=1S/C10H9ClF3N3O2/c1-19-7-3-6(11)4(8(18)17-9(15)16)2-5(7)10(12,13)14/h2-3H,1H3,(H4,15,16,17,18). The summed E-state index contributed by atoms with van der Waals surface area (Å²) in [6, 6.07) is 1.41. The number of carbonyl (C=O) groups is 1. The van der Waals surface area contributed by atoms with Crippen LogP contribution >= 0.6 is 11.6 Å². The lowest BCUT2D eigenvalue weighted by molar-refractivity contribution is -0.138. The van der Waals surface area contributed by atoms with E-state index in [2.05, 4.69) is 9.73 Å². The van der Waals surface area contributed by atoms with Gasteiger partial charge in [0.05, 0.1) is 23.3 Å². The van der Waals surface area contributed by atoms with Crippen LogP contribution in [0.2, 0.25) is 5.02 Å². The normalized spacial score (nSPS) is 11.0. The summed E-state index contributed by atoms with van der Waals surface area (Å²) in [7, 11) is 1.05. The molecule has 0 spiro atoms. The summed E-state index contributed by atoms with van der Waals surface area (Å²) < 4.78 is 42.8. The van der Waals surface area contributed by atoms with Gasteiger partial charge < -0.3 is 16.2 Å². The molecule has 0 aliphatic carbocycles. The average Bonchev–Trinajstić information content (AvgIpc) is 2.25. The molecule has 104 valence electrons. The maximum absolute atomic E-state index is 12.8. The van der Waals surface area contributed by atoms with Crippen molar-refractivity contribution in [1.29, 1.82) is 0 Å². The van der Waals surface area contributed by atoms with Gasteiger partial charge in [-0.2, -0.15) is 18.2 Å². The Labute approximate surface area is 111 Å². The third-order valence-corrected chi connectivity index (χ3v) is 2.37. The van der Waals surface area contributed by atoms with E-state index >= 15 is 0 Å². The van der Waals surface area contributed by atoms with Crippen molar-refractivity contribution in [2.75, 3.05) is 7.11 Å². The zero-order chi connectivity index (χ0) is 14.8. The highest BCUT2D eigenvalue weighted by Crippen LogP contribution is 2.39. The van der Waals surface area contributed by atoms with E-state index in [1.54, 1.807) is 0 Å². The smallest absolute Gasteiger partial charge is 0.419 e. The second-order valence-electron chi connectivity index (χ2n) is 3.37. The Hall–Kier alpha value is -1.96. The number of nitrogens with two attached hydrogens (primary N) is 2. The van der Waals surface area contributed by atoms with Crippen molar-refractivity contribution in [2.24, 2.45) is 16.5 Å². The van der Waals surface area contributed by atoms with Gasteiger partial charge in [0.2, 0.25) is 0 Å². The maximum atomic E-state index is 12.8. The molecule has 0 bridgehead atoms. The van der Waals surface area contributed by atoms with Crippen molar-refractivity contribution in [3.63, 3.8) is 0 Å². The minimum atomic E-state index is -4.71. The highest BCUT2D eigenvalue weighted by molar-refractivity contribution is 6.34. The second-order valence-corrected chi connectivity index (χ2v) is 3.78. The molecule has 1 aromatic carbocycles. The summed E-state index contributed by atoms with van der Waals surface area (Å²) >= 11 is 5.69. The fourth-order valence-electron chi connectivity index (χ4n) is 1.29. The van der Waals surface area contributed by atoms with Crippen molar-refractivity contribution in [3.05, 3.63) is 28.3 Å². The van der Waals surface area contributed by atoms with Crippen LogP contribution in [0.15, 0.2) is 17.1 Å². The van der Waals surface area contributed by atoms with E-state index in [9.17, 15) is 18.0 Å². The van der Waals surface area contributed by atoms with E-state index in [1.165, 1.54) is 0 Å². The molecule has 0 aliphatic heterocycles. The Morgan fingerprint density at radius 1 is 1.37 bits per heavy atom. The third kappa shape index (κ3) is 3.50. The molecule has 1 rings (SSSR count). The lowest BCUT2D eigenvalue weighted by Gasteiger charge is -2.13. The molecule has 5 nitrogen and oxygen atoms in total. The van der Waals surface area contributed by atoms with Crippen LogP contribution in [0.4, 0.5) is 13.2 Å². The number of halogens is 4. The molecule has 0 radical (unpaired) electrons. The molecule has 0 saturated carbocycles. The third-order valence-electron chi connectivity index (χ3n) is 2.06. The van der Waals surface area contributed by atoms with Gasteiger partial charge in [-0.15, -0.1) is 0 Å². The monoisotopic (exact) mass is 295 g/mol. The number of amides is 1. The van der Waals surface area contributed by atoms with E-state index in [4.69, 9.17) is 23.1 Å². The molecule has 1 amide bonds. The van der Waals surface area contributed by atoms with Crippen molar-refractivity contribution < 1.29 is 22.7 Å². The van der Waals surface area contributed by atoms with Crippen LogP contribution in [0.5, 0.6) is 5.75 Å². The number of hydrogen-bond donors (Lipinski definition) is 2. The summed E-state index contributed by atoms with van der Waals surface area (Å²) in [6.07, 6.45) is -4.71. The van der Waals surface area contributed by atoms with E-state index in [-0.39, 0.29) is 5.02 Å². The SMILES string of the molecule is COc1cc(Cl)c(C(=O)N=C(N)N)cc1C(F)(F)F. The number of alkyl halides is 3. The molecule has 0 aromatic heterocycles. The van der Waals surface area contributed by atoms with Crippen molar-refractivity contribution in [2.45, 2.75) is 6.18 Å². The molecule has 9 heteroatoms. The number of guanidine groups is 1. The van der Waals surface area contributed by atoms with Gasteiger partial charge in [-0.25, -0.2) is 0 Å². The van der Waals surface area contributed by atoms with Crippen LogP contribution in [0.1, 0.15) is 15.9 Å². The van der Waals surface area contributed by atoms with Crippen molar-refractivity contribution >= 4 is 23.5 Å². The molecule has 0 heterocycles. The predicted molar refractivity (Wildman–Crippen MR) is 63.1 cm³/mol. The lowest BCUT2D eigenvalue weighted by Crippen LogP contribution is -2.24. The van der Waals surface area contributed by atoms with E-state index in [1.807, 2.05) is 0 Å². The summed E-state index contributed by atoms with van der Waals surface area (Å²) in [5.41, 5.74) is 8.34. The van der Waals surface area contributed by atoms with Crippen LogP contribution in [0.3, 0.4) is 0 Å². The van der Waals surface area contributed by atoms with Crippen molar-refractivity contribution in [1.82, 2.24) is 0 Å². The first kappa shape index (κ1) is 15.1. The van der Waals surface area contributed by atoms with Gasteiger partial charge in [0.25, 0.3) is 5.91 Å². The first-order valence-electron chi connectivity index (χ1n) is 4.75. The van der Waals surface area contributed by atoms with Crippen LogP contribution in [-0.2, 0) is 6.18 Å². The molecule has 0 unspecified atom stereocenters. The summed E-state index contributed by atoms with van der Waals surface area (Å²) in [5, 5.41) is -0.250. The number of nitrogens with zero attached hydrogens (tertiary/aromatic N) is 1. The number of ether oxygens (including phenoxy) is 1. The zero-order valence-corrected chi connectivity index (χ0v) is 10.3. The Morgan fingerprint density at radius 3 is 2.37 bits per heavy atom. The largest absolute Gasteiger partial charge is 0.496 e. The molecule has 4 N–H and O–H groups in total. The molecular formula is C10H9ClF3N3O2. The average molecular weight is 296 g/mol. The van der Waals surface area contributed by atoms with Crippen LogP contribution in [-0.4, -0.2) is 19.0 Å². The zero-order valence-electron chi connectivity index (χ0n) is 9.58. The summed E-state index contributed by atoms with van der Waals surface area (Å²) in [5.74, 6) is -2.15. The molecule has 1 aromatic rings. The Balaban J connectivity index is 3.44.